The van der Waals surface area contributed by atoms with Crippen LogP contribution >= 0.6 is 0 Å². The van der Waals surface area contributed by atoms with Crippen LogP contribution in [0.1, 0.15) is 51.0 Å². The van der Waals surface area contributed by atoms with Crippen LogP contribution in [0.25, 0.3) is 0 Å². The zero-order chi connectivity index (χ0) is 30.9. The average Bonchev–Trinajstić information content (AvgIpc) is 3.50. The summed E-state index contributed by atoms with van der Waals surface area (Å²) in [5, 5.41) is 37.0. The molecule has 1 amide bonds. The fraction of sp³-hybridized carbons (Fsp3) is 0.412. The van der Waals surface area contributed by atoms with Crippen molar-refractivity contribution in [2.24, 2.45) is 0 Å². The quantitative estimate of drug-likeness (QED) is 0.354. The number of nitrogens with zero attached hydrogens (tertiary/aromatic N) is 3. The molecule has 0 spiro atoms. The number of nitriles is 1. The number of aryl methyl sites for hydroxylation is 1. The van der Waals surface area contributed by atoms with E-state index in [0.717, 1.165) is 27.8 Å². The van der Waals surface area contributed by atoms with Crippen molar-refractivity contribution < 1.29 is 73.3 Å². The van der Waals surface area contributed by atoms with Crippen molar-refractivity contribution in [1.29, 1.82) is 5.26 Å². The first kappa shape index (κ1) is 31.9. The molecule has 11 heteroatoms. The van der Waals surface area contributed by atoms with Gasteiger partial charge in [0.2, 0.25) is 12.7 Å². The summed E-state index contributed by atoms with van der Waals surface area (Å²) in [6, 6.07) is 12.4. The fourth-order valence-corrected chi connectivity index (χ4v) is 8.10. The van der Waals surface area contributed by atoms with E-state index in [2.05, 4.69) is 27.3 Å². The summed E-state index contributed by atoms with van der Waals surface area (Å²) in [4.78, 5) is 17.6. The maximum atomic E-state index is 13.2. The number of carbonyl (C=O) groups is 1. The van der Waals surface area contributed by atoms with Gasteiger partial charge in [0.25, 0.3) is 0 Å². The van der Waals surface area contributed by atoms with E-state index < -0.39 is 12.1 Å². The smallest absolute Gasteiger partial charge is 0.231 e. The Morgan fingerprint density at radius 2 is 1.82 bits per heavy atom. The Hall–Kier alpha value is -3.02. The number of amides is 1. The number of carbonyl (C=O) groups excluding carboxylic acids is 1. The van der Waals surface area contributed by atoms with Crippen molar-refractivity contribution in [3.05, 3.63) is 75.3 Å². The zero-order valence-corrected chi connectivity index (χ0v) is 30.6. The predicted octanol–water partition coefficient (Wildman–Crippen LogP) is 3.58. The molecule has 7 rings (SSSR count). The number of likely N-dealkylation sites (N-methyl/N-ethyl adjacent to an activating group) is 1. The maximum absolute atomic E-state index is 13.2. The normalized spacial score (nSPS) is 24.4. The number of piperazine rings is 1. The third kappa shape index (κ3) is 4.97. The Kier molecular flexibility index (Phi) is 8.73. The van der Waals surface area contributed by atoms with E-state index in [1.165, 1.54) is 0 Å². The largest absolute Gasteiger partial charge is 0.507 e. The van der Waals surface area contributed by atoms with Crippen LogP contribution in [-0.2, 0) is 24.1 Å². The number of aromatic hydroxyl groups is 2. The monoisotopic (exact) mass is 823 g/mol. The van der Waals surface area contributed by atoms with Crippen molar-refractivity contribution in [1.82, 2.24) is 15.1 Å². The van der Waals surface area contributed by atoms with E-state index in [4.69, 9.17) is 14.2 Å². The van der Waals surface area contributed by atoms with Crippen LogP contribution < -0.4 is 19.5 Å². The first-order valence-corrected chi connectivity index (χ1v) is 15.0. The molecule has 0 aliphatic carbocycles. The minimum Gasteiger partial charge on any atom is -0.507 e. The molecule has 10 nitrogen and oxygen atoms in total. The van der Waals surface area contributed by atoms with Crippen LogP contribution in [0.3, 0.4) is 0 Å². The van der Waals surface area contributed by atoms with Gasteiger partial charge >= 0.3 is 0 Å². The minimum absolute atomic E-state index is 0. The van der Waals surface area contributed by atoms with E-state index >= 15 is 0 Å². The van der Waals surface area contributed by atoms with Gasteiger partial charge in [0, 0.05) is 84.9 Å². The van der Waals surface area contributed by atoms with E-state index in [-0.39, 0.29) is 99.4 Å². The molecule has 1 unspecified atom stereocenters. The summed E-state index contributed by atoms with van der Waals surface area (Å²) >= 11 is 0. The number of benzene rings is 3. The fourth-order valence-electron chi connectivity index (χ4n) is 8.10. The Bertz CT molecular complexity index is 1710. The Balaban J connectivity index is 0.00000357. The second-order valence-electron chi connectivity index (χ2n) is 12.2. The topological polar surface area (TPSA) is 128 Å². The molecular formula is C34H36AcN4O6. The number of hydrogen-bond donors (Lipinski definition) is 3. The predicted molar refractivity (Wildman–Crippen MR) is 161 cm³/mol. The summed E-state index contributed by atoms with van der Waals surface area (Å²) < 4.78 is 17.4. The number of ether oxygens (including phenoxy) is 3. The number of hydrogen-bond acceptors (Lipinski definition) is 9. The van der Waals surface area contributed by atoms with E-state index in [0.29, 0.717) is 41.2 Å². The van der Waals surface area contributed by atoms with Gasteiger partial charge in [-0.25, -0.2) is 0 Å². The third-order valence-corrected chi connectivity index (χ3v) is 9.99. The minimum atomic E-state index is -0.537. The summed E-state index contributed by atoms with van der Waals surface area (Å²) in [6.07, 6.45) is 1.19. The molecule has 5 atom stereocenters. The molecular weight excluding hydrogens is 787 g/mol. The molecule has 4 heterocycles. The molecule has 3 aromatic rings. The number of methoxy groups -OCH3 is 1. The summed E-state index contributed by atoms with van der Waals surface area (Å²) in [6.45, 7) is 3.95. The second kappa shape index (κ2) is 12.3. The van der Waals surface area contributed by atoms with Crippen molar-refractivity contribution in [2.75, 3.05) is 27.5 Å². The van der Waals surface area contributed by atoms with Crippen LogP contribution in [-0.4, -0.2) is 71.5 Å². The second-order valence-corrected chi connectivity index (χ2v) is 12.2. The van der Waals surface area contributed by atoms with Gasteiger partial charge < -0.3 is 29.7 Å². The molecule has 1 saturated heterocycles. The van der Waals surface area contributed by atoms with Gasteiger partial charge in [-0.3, -0.25) is 14.6 Å². The van der Waals surface area contributed by atoms with Crippen LogP contribution in [0.15, 0.2) is 36.4 Å². The van der Waals surface area contributed by atoms with Gasteiger partial charge in [-0.2, -0.15) is 5.26 Å². The molecule has 0 saturated carbocycles. The van der Waals surface area contributed by atoms with Crippen molar-refractivity contribution in [2.45, 2.75) is 63.3 Å². The molecule has 4 aliphatic rings. The number of phenolic OH excluding ortho intramolecular Hbond substituents is 2. The standard InChI is InChI=1S/C34H36N4O6.Ac/c1-17-10-20-12-22-24(14-35)38-23(29(37(22)3)27(20)31(41)32(17)42-4)13-21-28(34-33(43-16-44-34)18(2)30(21)40)25(38)15-36-26(39)11-19-8-6-5-7-9-19;/h5-10,22-25,29,40-41H,11-13,15-16H2,1-4H3,(H,36,39);/t22-,23?,24-,25-,29-;/m0./s1. The zero-order valence-electron chi connectivity index (χ0n) is 25.8. The van der Waals surface area contributed by atoms with E-state index in [1.807, 2.05) is 51.2 Å². The average molecular weight is 824 g/mol. The molecule has 45 heavy (non-hydrogen) atoms. The summed E-state index contributed by atoms with van der Waals surface area (Å²) in [5.41, 5.74) is 5.57. The molecule has 3 aromatic carbocycles. The van der Waals surface area contributed by atoms with Gasteiger partial charge in [0.15, 0.2) is 23.0 Å². The molecule has 3 N–H and O–H groups in total. The Morgan fingerprint density at radius 3 is 2.53 bits per heavy atom. The Labute approximate surface area is 298 Å². The molecule has 4 aliphatic heterocycles. The maximum Gasteiger partial charge on any atom is 0.231 e. The van der Waals surface area contributed by atoms with Gasteiger partial charge in [-0.1, -0.05) is 36.4 Å². The van der Waals surface area contributed by atoms with Gasteiger partial charge in [0.05, 0.1) is 31.7 Å². The summed E-state index contributed by atoms with van der Waals surface area (Å²) in [5.74, 6) is 1.58. The molecule has 1 fully saturated rings. The van der Waals surface area contributed by atoms with Gasteiger partial charge in [-0.15, -0.1) is 0 Å². The number of nitrogens with one attached hydrogen (secondary N) is 1. The first-order valence-electron chi connectivity index (χ1n) is 15.0. The van der Waals surface area contributed by atoms with E-state index in [1.54, 1.807) is 7.11 Å². The van der Waals surface area contributed by atoms with Crippen LogP contribution in [0.5, 0.6) is 28.7 Å². The molecule has 1 radical (unpaired) electrons. The van der Waals surface area contributed by atoms with Gasteiger partial charge in [0.1, 0.15) is 11.8 Å². The molecule has 231 valence electrons. The van der Waals surface area contributed by atoms with E-state index in [9.17, 15) is 20.3 Å². The third-order valence-electron chi connectivity index (χ3n) is 9.99. The number of phenols is 2. The van der Waals surface area contributed by atoms with Crippen LogP contribution in [0, 0.1) is 69.2 Å². The molecule has 0 aromatic heterocycles. The van der Waals surface area contributed by atoms with Crippen LogP contribution in [0.4, 0.5) is 0 Å². The van der Waals surface area contributed by atoms with Crippen molar-refractivity contribution in [3.8, 4) is 34.8 Å². The SMILES string of the molecule is COc1c(C)cc2c(c1O)[C@@H]1C3Cc4c(O)c(C)c5c(c4[C@H](CNC(=O)Cc4ccccc4)N3[C@@H](C#N)[C@H](C2)N1C)OCO5.[Ac]. The Morgan fingerprint density at radius 1 is 1.09 bits per heavy atom. The first-order chi connectivity index (χ1) is 21.2. The van der Waals surface area contributed by atoms with Crippen LogP contribution in [0.2, 0.25) is 0 Å². The molecule has 2 bridgehead atoms. The number of fused-ring (bicyclic) bond motifs is 9. The summed E-state index contributed by atoms with van der Waals surface area (Å²) in [7, 11) is 3.56. The van der Waals surface area contributed by atoms with Crippen molar-refractivity contribution in [3.63, 3.8) is 0 Å². The number of rotatable bonds is 5. The van der Waals surface area contributed by atoms with Crippen molar-refractivity contribution >= 4 is 5.91 Å². The van der Waals surface area contributed by atoms with Gasteiger partial charge in [-0.05, 0) is 50.4 Å².